The molecule has 0 aromatic heterocycles. The normalized spacial score (nSPS) is 10.4. The van der Waals surface area contributed by atoms with E-state index in [9.17, 15) is 9.59 Å². The number of anilines is 2. The zero-order chi connectivity index (χ0) is 20.8. The first-order valence-electron chi connectivity index (χ1n) is 9.10. The fourth-order valence-electron chi connectivity index (χ4n) is 2.76. The topological polar surface area (TPSA) is 67.9 Å². The number of nitrogens with zero attached hydrogens (tertiary/aromatic N) is 1. The maximum atomic E-state index is 12.2. The maximum absolute atomic E-state index is 12.2. The van der Waals surface area contributed by atoms with Crippen LogP contribution in [0.5, 0.6) is 5.75 Å². The van der Waals surface area contributed by atoms with Gasteiger partial charge in [0.05, 0.1) is 11.1 Å². The first kappa shape index (κ1) is 20.7. The number of amides is 2. The van der Waals surface area contributed by atoms with Crippen molar-refractivity contribution in [1.29, 1.82) is 0 Å². The van der Waals surface area contributed by atoms with Crippen molar-refractivity contribution >= 4 is 50.1 Å². The van der Waals surface area contributed by atoms with Crippen LogP contribution in [0.25, 0.3) is 10.8 Å². The Hall–Kier alpha value is -3.06. The minimum Gasteiger partial charge on any atom is -0.483 e. The van der Waals surface area contributed by atoms with Gasteiger partial charge in [0.1, 0.15) is 5.75 Å². The first-order valence-corrected chi connectivity index (χ1v) is 9.89. The number of fused-ring (bicyclic) bond motifs is 1. The van der Waals surface area contributed by atoms with Crippen LogP contribution in [0.1, 0.15) is 6.92 Å². The lowest BCUT2D eigenvalue weighted by Crippen LogP contribution is -2.27. The number of nitrogens with one attached hydrogen (secondary N) is 1. The molecule has 1 N–H and O–H groups in total. The standard InChI is InChI=1S/C22H21BrN2O4/c1-3-28-22(27)25(2)17-11-9-16(10-12-17)24-20(26)14-29-19-13-8-15-6-4-5-7-18(15)21(19)23/h4-13H,3,14H2,1-2H3,(H,24,26). The summed E-state index contributed by atoms with van der Waals surface area (Å²) in [5, 5.41) is 4.88. The summed E-state index contributed by atoms with van der Waals surface area (Å²) in [6.07, 6.45) is -0.432. The van der Waals surface area contributed by atoms with E-state index in [1.54, 1.807) is 38.2 Å². The number of hydrogen-bond donors (Lipinski definition) is 1. The molecule has 0 radical (unpaired) electrons. The van der Waals surface area contributed by atoms with Crippen molar-refractivity contribution in [2.45, 2.75) is 6.92 Å². The van der Waals surface area contributed by atoms with Gasteiger partial charge < -0.3 is 14.8 Å². The Morgan fingerprint density at radius 2 is 1.76 bits per heavy atom. The zero-order valence-corrected chi connectivity index (χ0v) is 17.7. The Bertz CT molecular complexity index is 1020. The van der Waals surface area contributed by atoms with E-state index in [0.29, 0.717) is 23.7 Å². The molecule has 3 rings (SSSR count). The molecule has 0 heterocycles. The quantitative estimate of drug-likeness (QED) is 0.552. The lowest BCUT2D eigenvalue weighted by Gasteiger charge is -2.17. The van der Waals surface area contributed by atoms with Gasteiger partial charge in [-0.3, -0.25) is 9.69 Å². The van der Waals surface area contributed by atoms with Crippen LogP contribution >= 0.6 is 15.9 Å². The third kappa shape index (κ3) is 5.06. The van der Waals surface area contributed by atoms with Gasteiger partial charge in [0.2, 0.25) is 0 Å². The number of ether oxygens (including phenoxy) is 2. The van der Waals surface area contributed by atoms with Crippen LogP contribution in [0, 0.1) is 0 Å². The van der Waals surface area contributed by atoms with Crippen molar-refractivity contribution in [2.75, 3.05) is 30.5 Å². The molecular formula is C22H21BrN2O4. The molecule has 0 saturated heterocycles. The number of rotatable bonds is 6. The van der Waals surface area contributed by atoms with Crippen LogP contribution in [-0.2, 0) is 9.53 Å². The number of hydrogen-bond acceptors (Lipinski definition) is 4. The van der Waals surface area contributed by atoms with E-state index in [2.05, 4.69) is 21.2 Å². The summed E-state index contributed by atoms with van der Waals surface area (Å²) >= 11 is 3.54. The average Bonchev–Trinajstić information content (AvgIpc) is 2.73. The molecule has 0 bridgehead atoms. The van der Waals surface area contributed by atoms with Crippen molar-refractivity contribution in [3.05, 3.63) is 65.1 Å². The van der Waals surface area contributed by atoms with E-state index in [1.807, 2.05) is 36.4 Å². The molecule has 0 atom stereocenters. The summed E-state index contributed by atoms with van der Waals surface area (Å²) in [6.45, 7) is 1.94. The molecule has 0 saturated carbocycles. The second-order valence-electron chi connectivity index (χ2n) is 6.24. The summed E-state index contributed by atoms with van der Waals surface area (Å²) in [7, 11) is 1.63. The lowest BCUT2D eigenvalue weighted by atomic mass is 10.1. The Morgan fingerprint density at radius 1 is 1.03 bits per heavy atom. The van der Waals surface area contributed by atoms with E-state index in [4.69, 9.17) is 9.47 Å². The highest BCUT2D eigenvalue weighted by molar-refractivity contribution is 9.10. The van der Waals surface area contributed by atoms with Crippen LogP contribution in [0.2, 0.25) is 0 Å². The molecule has 150 valence electrons. The number of halogens is 1. The SMILES string of the molecule is CCOC(=O)N(C)c1ccc(NC(=O)COc2ccc3ccccc3c2Br)cc1. The Balaban J connectivity index is 1.58. The van der Waals surface area contributed by atoms with Crippen molar-refractivity contribution in [3.8, 4) is 5.75 Å². The lowest BCUT2D eigenvalue weighted by molar-refractivity contribution is -0.118. The largest absolute Gasteiger partial charge is 0.483 e. The van der Waals surface area contributed by atoms with Crippen LogP contribution < -0.4 is 15.0 Å². The average molecular weight is 457 g/mol. The van der Waals surface area contributed by atoms with Gasteiger partial charge >= 0.3 is 6.09 Å². The molecule has 0 aliphatic rings. The first-order chi connectivity index (χ1) is 14.0. The van der Waals surface area contributed by atoms with Crippen LogP contribution in [-0.4, -0.2) is 32.3 Å². The molecule has 2 amide bonds. The molecule has 0 aliphatic carbocycles. The second kappa shape index (κ2) is 9.43. The summed E-state index contributed by atoms with van der Waals surface area (Å²) < 4.78 is 11.4. The Labute approximate surface area is 177 Å². The smallest absolute Gasteiger partial charge is 0.413 e. The van der Waals surface area contributed by atoms with Crippen molar-refractivity contribution in [3.63, 3.8) is 0 Å². The number of carbonyl (C=O) groups excluding carboxylic acids is 2. The fourth-order valence-corrected chi connectivity index (χ4v) is 3.37. The summed E-state index contributed by atoms with van der Waals surface area (Å²) in [4.78, 5) is 25.4. The molecule has 7 heteroatoms. The van der Waals surface area contributed by atoms with Crippen molar-refractivity contribution < 1.29 is 19.1 Å². The van der Waals surface area contributed by atoms with E-state index in [-0.39, 0.29) is 12.5 Å². The van der Waals surface area contributed by atoms with Crippen molar-refractivity contribution in [2.24, 2.45) is 0 Å². The van der Waals surface area contributed by atoms with Crippen LogP contribution in [0.4, 0.5) is 16.2 Å². The van der Waals surface area contributed by atoms with E-state index < -0.39 is 6.09 Å². The predicted molar refractivity (Wildman–Crippen MR) is 118 cm³/mol. The van der Waals surface area contributed by atoms with Gasteiger partial charge in [-0.1, -0.05) is 30.3 Å². The van der Waals surface area contributed by atoms with Crippen molar-refractivity contribution in [1.82, 2.24) is 0 Å². The zero-order valence-electron chi connectivity index (χ0n) is 16.1. The highest BCUT2D eigenvalue weighted by Crippen LogP contribution is 2.33. The highest BCUT2D eigenvalue weighted by atomic mass is 79.9. The second-order valence-corrected chi connectivity index (χ2v) is 7.03. The Kier molecular flexibility index (Phi) is 6.72. The minimum absolute atomic E-state index is 0.124. The predicted octanol–water partition coefficient (Wildman–Crippen LogP) is 5.21. The number of benzene rings is 3. The summed E-state index contributed by atoms with van der Waals surface area (Å²) in [5.41, 5.74) is 1.27. The van der Waals surface area contributed by atoms with E-state index in [0.717, 1.165) is 15.2 Å². The van der Waals surface area contributed by atoms with Gasteiger partial charge in [-0.2, -0.15) is 0 Å². The Morgan fingerprint density at radius 3 is 2.48 bits per heavy atom. The van der Waals surface area contributed by atoms with Gasteiger partial charge in [-0.25, -0.2) is 4.79 Å². The van der Waals surface area contributed by atoms with E-state index in [1.165, 1.54) is 4.90 Å². The van der Waals surface area contributed by atoms with Crippen LogP contribution in [0.15, 0.2) is 65.1 Å². The molecule has 29 heavy (non-hydrogen) atoms. The highest BCUT2D eigenvalue weighted by Gasteiger charge is 2.12. The minimum atomic E-state index is -0.432. The monoisotopic (exact) mass is 456 g/mol. The molecule has 6 nitrogen and oxygen atoms in total. The molecule has 0 spiro atoms. The van der Waals surface area contributed by atoms with Crippen LogP contribution in [0.3, 0.4) is 0 Å². The summed E-state index contributed by atoms with van der Waals surface area (Å²) in [5.74, 6) is 0.321. The number of carbonyl (C=O) groups is 2. The fraction of sp³-hybridized carbons (Fsp3) is 0.182. The third-order valence-corrected chi connectivity index (χ3v) is 5.08. The van der Waals surface area contributed by atoms with Gasteiger partial charge in [-0.05, 0) is 64.0 Å². The molecule has 0 fully saturated rings. The van der Waals surface area contributed by atoms with E-state index >= 15 is 0 Å². The summed E-state index contributed by atoms with van der Waals surface area (Å²) in [6, 6.07) is 18.6. The van der Waals surface area contributed by atoms with Gasteiger partial charge in [0.25, 0.3) is 5.91 Å². The molecular weight excluding hydrogens is 436 g/mol. The molecule has 3 aromatic carbocycles. The van der Waals surface area contributed by atoms with Gasteiger partial charge in [0.15, 0.2) is 6.61 Å². The molecule has 0 unspecified atom stereocenters. The maximum Gasteiger partial charge on any atom is 0.413 e. The molecule has 3 aromatic rings. The van der Waals surface area contributed by atoms with Gasteiger partial charge in [0, 0.05) is 18.4 Å². The molecule has 0 aliphatic heterocycles. The van der Waals surface area contributed by atoms with Gasteiger partial charge in [-0.15, -0.1) is 0 Å². The third-order valence-electron chi connectivity index (χ3n) is 4.27.